The molecular formula is C24H28O5. The third kappa shape index (κ3) is 2.31. The highest BCUT2D eigenvalue weighted by atomic mass is 16.6. The number of aliphatic hydroxyl groups is 1. The molecule has 0 saturated heterocycles. The zero-order valence-electron chi connectivity index (χ0n) is 17.2. The number of esters is 2. The predicted molar refractivity (Wildman–Crippen MR) is 106 cm³/mol. The fourth-order valence-electron chi connectivity index (χ4n) is 7.22. The maximum absolute atomic E-state index is 11.7. The summed E-state index contributed by atoms with van der Waals surface area (Å²) in [5, 5.41) is 11.6. The maximum atomic E-state index is 11.7. The van der Waals surface area contributed by atoms with Gasteiger partial charge in [0, 0.05) is 24.7 Å². The quantitative estimate of drug-likeness (QED) is 0.469. The van der Waals surface area contributed by atoms with Crippen molar-refractivity contribution in [2.75, 3.05) is 0 Å². The Morgan fingerprint density at radius 2 is 1.93 bits per heavy atom. The first-order chi connectivity index (χ1) is 13.7. The van der Waals surface area contributed by atoms with Crippen molar-refractivity contribution in [3.63, 3.8) is 0 Å². The fraction of sp³-hybridized carbons (Fsp3) is 0.583. The summed E-state index contributed by atoms with van der Waals surface area (Å²) < 4.78 is 10.9. The minimum absolute atomic E-state index is 0.156. The van der Waals surface area contributed by atoms with Gasteiger partial charge in [-0.1, -0.05) is 25.1 Å². The normalized spacial score (nSPS) is 41.3. The summed E-state index contributed by atoms with van der Waals surface area (Å²) in [5.41, 5.74) is 1.06. The van der Waals surface area contributed by atoms with Crippen molar-refractivity contribution >= 4 is 11.9 Å². The Morgan fingerprint density at radius 1 is 1.14 bits per heavy atom. The van der Waals surface area contributed by atoms with Gasteiger partial charge < -0.3 is 14.6 Å². The van der Waals surface area contributed by atoms with E-state index in [-0.39, 0.29) is 22.8 Å². The van der Waals surface area contributed by atoms with Crippen molar-refractivity contribution in [1.82, 2.24) is 0 Å². The number of benzene rings is 1. The Hall–Kier alpha value is -2.14. The number of aryl methyl sites for hydroxylation is 1. The zero-order chi connectivity index (χ0) is 20.6. The average molecular weight is 396 g/mol. The van der Waals surface area contributed by atoms with Crippen LogP contribution < -0.4 is 4.74 Å². The van der Waals surface area contributed by atoms with Gasteiger partial charge in [-0.25, -0.2) is 0 Å². The van der Waals surface area contributed by atoms with Crippen LogP contribution in [0.25, 0.3) is 0 Å². The van der Waals surface area contributed by atoms with Gasteiger partial charge in [-0.3, -0.25) is 9.59 Å². The van der Waals surface area contributed by atoms with Crippen molar-refractivity contribution in [2.24, 2.45) is 16.7 Å². The van der Waals surface area contributed by atoms with Crippen LogP contribution in [0.1, 0.15) is 63.5 Å². The third-order valence-corrected chi connectivity index (χ3v) is 8.47. The number of carbonyl (C=O) groups excluding carboxylic acids is 2. The van der Waals surface area contributed by atoms with Crippen molar-refractivity contribution in [3.05, 3.63) is 41.5 Å². The molecule has 5 nitrogen and oxygen atoms in total. The molecule has 0 spiro atoms. The molecule has 5 heteroatoms. The predicted octanol–water partition coefficient (Wildman–Crippen LogP) is 3.68. The number of hydrogen-bond donors (Lipinski definition) is 1. The monoisotopic (exact) mass is 396 g/mol. The van der Waals surface area contributed by atoms with Crippen molar-refractivity contribution in [2.45, 2.75) is 70.5 Å². The van der Waals surface area contributed by atoms with Crippen LogP contribution >= 0.6 is 0 Å². The largest absolute Gasteiger partial charge is 0.459 e. The minimum atomic E-state index is -1.08. The van der Waals surface area contributed by atoms with Gasteiger partial charge in [0.25, 0.3) is 0 Å². The molecule has 0 aromatic heterocycles. The molecule has 6 atom stereocenters. The zero-order valence-corrected chi connectivity index (χ0v) is 17.2. The van der Waals surface area contributed by atoms with Gasteiger partial charge in [-0.15, -0.1) is 0 Å². The molecule has 2 fully saturated rings. The highest BCUT2D eigenvalue weighted by Crippen LogP contribution is 2.75. The van der Waals surface area contributed by atoms with Gasteiger partial charge in [-0.2, -0.15) is 0 Å². The molecule has 0 heterocycles. The molecule has 5 rings (SSSR count). The molecule has 0 amide bonds. The Labute approximate surface area is 171 Å². The lowest BCUT2D eigenvalue weighted by molar-refractivity contribution is -0.162. The van der Waals surface area contributed by atoms with Crippen molar-refractivity contribution in [3.8, 4) is 5.75 Å². The summed E-state index contributed by atoms with van der Waals surface area (Å²) in [5.74, 6) is 0.786. The van der Waals surface area contributed by atoms with E-state index < -0.39 is 11.7 Å². The molecule has 1 aromatic rings. The molecule has 2 bridgehead atoms. The van der Waals surface area contributed by atoms with Crippen LogP contribution in [0.3, 0.4) is 0 Å². The number of carbonyl (C=O) groups is 2. The number of allylic oxidation sites excluding steroid dienone is 1. The molecular weight excluding hydrogens is 368 g/mol. The molecule has 4 aliphatic carbocycles. The van der Waals surface area contributed by atoms with E-state index >= 15 is 0 Å². The second-order valence-electron chi connectivity index (χ2n) is 9.58. The molecule has 0 unspecified atom stereocenters. The van der Waals surface area contributed by atoms with Crippen LogP contribution in [0.5, 0.6) is 5.75 Å². The van der Waals surface area contributed by atoms with Gasteiger partial charge >= 0.3 is 11.9 Å². The SMILES string of the molecule is CC(=O)Oc1ccc2c(c1)CC[C@@H]1[C@@H]2CC[C@@]2(C)[C@]13C=C[C@]2(O)[C@@H](OC(C)=O)C3. The van der Waals surface area contributed by atoms with Crippen molar-refractivity contribution in [1.29, 1.82) is 0 Å². The van der Waals surface area contributed by atoms with Crippen LogP contribution in [-0.2, 0) is 20.7 Å². The third-order valence-electron chi connectivity index (χ3n) is 8.47. The lowest BCUT2D eigenvalue weighted by Crippen LogP contribution is -2.54. The minimum Gasteiger partial charge on any atom is -0.459 e. The Balaban J connectivity index is 1.52. The molecule has 1 aromatic carbocycles. The first-order valence-corrected chi connectivity index (χ1v) is 10.6. The molecule has 154 valence electrons. The van der Waals surface area contributed by atoms with E-state index in [0.717, 1.165) is 25.7 Å². The van der Waals surface area contributed by atoms with E-state index in [4.69, 9.17) is 9.47 Å². The standard InChI is InChI=1S/C24H28O5/c1-14(25)28-17-5-6-18-16(12-17)4-7-20-19(18)8-9-22(3)23(20)10-11-24(22,27)21(13-23)29-15(2)26/h5-6,10-12,19-21,27H,4,7-9,13H2,1-3H3/t19-,20-,21+,22+,23+,24+/m1/s1. The molecule has 1 N–H and O–H groups in total. The van der Waals surface area contributed by atoms with Crippen molar-refractivity contribution < 1.29 is 24.2 Å². The van der Waals surface area contributed by atoms with E-state index in [1.807, 2.05) is 18.2 Å². The van der Waals surface area contributed by atoms with E-state index in [0.29, 0.717) is 24.0 Å². The highest BCUT2D eigenvalue weighted by molar-refractivity contribution is 5.69. The van der Waals surface area contributed by atoms with Crippen LogP contribution in [0.4, 0.5) is 0 Å². The number of fused-ring (bicyclic) bond motifs is 3. The van der Waals surface area contributed by atoms with Gasteiger partial charge in [0.05, 0.1) is 0 Å². The summed E-state index contributed by atoms with van der Waals surface area (Å²) in [4.78, 5) is 23.0. The summed E-state index contributed by atoms with van der Waals surface area (Å²) >= 11 is 0. The molecule has 0 radical (unpaired) electrons. The topological polar surface area (TPSA) is 72.8 Å². The second-order valence-corrected chi connectivity index (χ2v) is 9.58. The summed E-state index contributed by atoms with van der Waals surface area (Å²) in [6.07, 6.45) is 8.21. The molecule has 2 saturated carbocycles. The van der Waals surface area contributed by atoms with Gasteiger partial charge in [0.15, 0.2) is 0 Å². The molecule has 4 aliphatic rings. The fourth-order valence-corrected chi connectivity index (χ4v) is 7.22. The lowest BCUT2D eigenvalue weighted by Gasteiger charge is -2.56. The summed E-state index contributed by atoms with van der Waals surface area (Å²) in [6.45, 7) is 5.03. The van der Waals surface area contributed by atoms with E-state index in [1.165, 1.54) is 25.0 Å². The Morgan fingerprint density at radius 3 is 2.66 bits per heavy atom. The summed E-state index contributed by atoms with van der Waals surface area (Å²) in [7, 11) is 0. The van der Waals surface area contributed by atoms with E-state index in [2.05, 4.69) is 19.1 Å². The van der Waals surface area contributed by atoms with Gasteiger partial charge in [-0.05, 0) is 67.2 Å². The average Bonchev–Trinajstić information content (AvgIpc) is 2.99. The van der Waals surface area contributed by atoms with Gasteiger partial charge in [0.1, 0.15) is 17.5 Å². The molecule has 29 heavy (non-hydrogen) atoms. The molecule has 0 aliphatic heterocycles. The van der Waals surface area contributed by atoms with Crippen LogP contribution in [0.2, 0.25) is 0 Å². The number of hydrogen-bond acceptors (Lipinski definition) is 5. The van der Waals surface area contributed by atoms with Crippen LogP contribution in [0.15, 0.2) is 30.4 Å². The second kappa shape index (κ2) is 5.94. The van der Waals surface area contributed by atoms with Crippen LogP contribution in [0, 0.1) is 16.7 Å². The summed E-state index contributed by atoms with van der Waals surface area (Å²) in [6, 6.07) is 6.02. The maximum Gasteiger partial charge on any atom is 0.308 e. The van der Waals surface area contributed by atoms with Crippen LogP contribution in [-0.4, -0.2) is 28.8 Å². The number of rotatable bonds is 2. The Bertz CT molecular complexity index is 935. The highest BCUT2D eigenvalue weighted by Gasteiger charge is 2.75. The van der Waals surface area contributed by atoms with E-state index in [9.17, 15) is 14.7 Å². The lowest BCUT2D eigenvalue weighted by atomic mass is 9.48. The number of ether oxygens (including phenoxy) is 2. The first-order valence-electron chi connectivity index (χ1n) is 10.6. The van der Waals surface area contributed by atoms with E-state index in [1.54, 1.807) is 0 Å². The van der Waals surface area contributed by atoms with Gasteiger partial charge in [0.2, 0.25) is 0 Å². The first kappa shape index (κ1) is 18.9. The Kier molecular flexibility index (Phi) is 3.86. The smallest absolute Gasteiger partial charge is 0.308 e.